The van der Waals surface area contributed by atoms with Crippen molar-refractivity contribution in [2.75, 3.05) is 24.6 Å². The second kappa shape index (κ2) is 8.42. The van der Waals surface area contributed by atoms with E-state index in [0.717, 1.165) is 5.56 Å². The van der Waals surface area contributed by atoms with E-state index in [4.69, 9.17) is 15.2 Å². The fourth-order valence-electron chi connectivity index (χ4n) is 3.71. The fourth-order valence-corrected chi connectivity index (χ4v) is 5.49. The first-order valence-electron chi connectivity index (χ1n) is 9.42. The Morgan fingerprint density at radius 3 is 2.59 bits per heavy atom. The van der Waals surface area contributed by atoms with Crippen molar-refractivity contribution in [3.8, 4) is 5.75 Å². The topological polar surface area (TPSA) is 98.9 Å². The third-order valence-corrected chi connectivity index (χ3v) is 7.04. The standard InChI is InChI=1S/C21H26N2O5S/c1-14-12-16(8-9-20(14)28-11-10-27-3)29(25,26)23-15(2)13-18(21(22)24)17-6-4-5-7-19(17)23/h4-9,12,15,18H,10-11,13H2,1-3H3,(H2,22,24)/t15-,18-/m1/s1. The first-order valence-corrected chi connectivity index (χ1v) is 10.9. The molecule has 156 valence electrons. The number of amides is 1. The van der Waals surface area contributed by atoms with Crippen molar-refractivity contribution in [3.05, 3.63) is 53.6 Å². The van der Waals surface area contributed by atoms with Crippen LogP contribution in [0.4, 0.5) is 5.69 Å². The van der Waals surface area contributed by atoms with Crippen molar-refractivity contribution in [1.29, 1.82) is 0 Å². The summed E-state index contributed by atoms with van der Waals surface area (Å²) in [6.07, 6.45) is 0.336. The molecule has 0 aliphatic carbocycles. The number of rotatable bonds is 7. The smallest absolute Gasteiger partial charge is 0.264 e. The molecule has 0 unspecified atom stereocenters. The van der Waals surface area contributed by atoms with Crippen LogP contribution in [0.15, 0.2) is 47.4 Å². The van der Waals surface area contributed by atoms with Crippen LogP contribution in [-0.2, 0) is 19.6 Å². The summed E-state index contributed by atoms with van der Waals surface area (Å²) in [6.45, 7) is 4.42. The maximum absolute atomic E-state index is 13.5. The third kappa shape index (κ3) is 4.09. The first-order chi connectivity index (χ1) is 13.8. The lowest BCUT2D eigenvalue weighted by molar-refractivity contribution is -0.119. The summed E-state index contributed by atoms with van der Waals surface area (Å²) in [4.78, 5) is 12.1. The average molecular weight is 419 g/mol. The van der Waals surface area contributed by atoms with E-state index in [2.05, 4.69) is 0 Å². The highest BCUT2D eigenvalue weighted by Gasteiger charge is 2.39. The molecule has 0 aromatic heterocycles. The Labute approximate surface area is 171 Å². The molecule has 2 aromatic rings. The molecule has 0 fully saturated rings. The molecule has 2 atom stereocenters. The number of aryl methyl sites for hydroxylation is 1. The van der Waals surface area contributed by atoms with Gasteiger partial charge >= 0.3 is 0 Å². The van der Waals surface area contributed by atoms with E-state index < -0.39 is 27.9 Å². The normalized spacial score (nSPS) is 18.9. The monoisotopic (exact) mass is 418 g/mol. The molecule has 3 rings (SSSR count). The summed E-state index contributed by atoms with van der Waals surface area (Å²) in [6, 6.07) is 11.4. The number of benzene rings is 2. The quantitative estimate of drug-likeness (QED) is 0.697. The van der Waals surface area contributed by atoms with Gasteiger partial charge in [0.2, 0.25) is 5.91 Å². The number of nitrogens with zero attached hydrogens (tertiary/aromatic N) is 1. The molecule has 29 heavy (non-hydrogen) atoms. The maximum Gasteiger partial charge on any atom is 0.264 e. The highest BCUT2D eigenvalue weighted by atomic mass is 32.2. The third-order valence-electron chi connectivity index (χ3n) is 5.12. The molecule has 1 aliphatic rings. The summed E-state index contributed by atoms with van der Waals surface area (Å²) in [5.74, 6) is -0.345. The van der Waals surface area contributed by atoms with Gasteiger partial charge in [0.25, 0.3) is 10.0 Å². The van der Waals surface area contributed by atoms with Crippen LogP contribution in [0, 0.1) is 6.92 Å². The van der Waals surface area contributed by atoms with Crippen LogP contribution in [0.1, 0.15) is 30.4 Å². The summed E-state index contributed by atoms with van der Waals surface area (Å²) < 4.78 is 39.0. The SMILES string of the molecule is COCCOc1ccc(S(=O)(=O)N2c3ccccc3[C@H](C(N)=O)C[C@H]2C)cc1C. The van der Waals surface area contributed by atoms with Gasteiger partial charge in [-0.25, -0.2) is 8.42 Å². The van der Waals surface area contributed by atoms with Crippen LogP contribution >= 0.6 is 0 Å². The molecular weight excluding hydrogens is 392 g/mol. The highest BCUT2D eigenvalue weighted by Crippen LogP contribution is 2.41. The molecule has 0 saturated carbocycles. The summed E-state index contributed by atoms with van der Waals surface area (Å²) >= 11 is 0. The van der Waals surface area contributed by atoms with Gasteiger partial charge in [-0.3, -0.25) is 9.10 Å². The van der Waals surface area contributed by atoms with Crippen LogP contribution in [0.3, 0.4) is 0 Å². The second-order valence-electron chi connectivity index (χ2n) is 7.17. The van der Waals surface area contributed by atoms with E-state index in [-0.39, 0.29) is 4.90 Å². The van der Waals surface area contributed by atoms with Crippen LogP contribution < -0.4 is 14.8 Å². The van der Waals surface area contributed by atoms with Crippen molar-refractivity contribution >= 4 is 21.6 Å². The molecule has 7 nitrogen and oxygen atoms in total. The highest BCUT2D eigenvalue weighted by molar-refractivity contribution is 7.92. The van der Waals surface area contributed by atoms with Crippen LogP contribution in [0.25, 0.3) is 0 Å². The Kier molecular flexibility index (Phi) is 6.14. The summed E-state index contributed by atoms with van der Waals surface area (Å²) in [5.41, 5.74) is 7.41. The van der Waals surface area contributed by atoms with Gasteiger partial charge < -0.3 is 15.2 Å². The number of nitrogens with two attached hydrogens (primary N) is 1. The van der Waals surface area contributed by atoms with E-state index in [9.17, 15) is 13.2 Å². The van der Waals surface area contributed by atoms with Crippen molar-refractivity contribution in [2.24, 2.45) is 5.73 Å². The zero-order valence-electron chi connectivity index (χ0n) is 16.8. The number of sulfonamides is 1. The first kappa shape index (κ1) is 21.1. The van der Waals surface area contributed by atoms with Crippen molar-refractivity contribution in [2.45, 2.75) is 37.1 Å². The molecule has 8 heteroatoms. The molecule has 1 aliphatic heterocycles. The van der Waals surface area contributed by atoms with Crippen LogP contribution in [0.5, 0.6) is 5.75 Å². The van der Waals surface area contributed by atoms with E-state index in [1.165, 1.54) is 4.31 Å². The lowest BCUT2D eigenvalue weighted by atomic mass is 9.87. The molecule has 1 heterocycles. The van der Waals surface area contributed by atoms with Gasteiger partial charge in [0.1, 0.15) is 12.4 Å². The minimum absolute atomic E-state index is 0.174. The van der Waals surface area contributed by atoms with E-state index in [1.54, 1.807) is 63.4 Å². The molecule has 1 amide bonds. The fraction of sp³-hybridized carbons (Fsp3) is 0.381. The van der Waals surface area contributed by atoms with Crippen molar-refractivity contribution in [1.82, 2.24) is 0 Å². The number of ether oxygens (including phenoxy) is 2. The lowest BCUT2D eigenvalue weighted by Crippen LogP contribution is -2.45. The predicted molar refractivity (Wildman–Crippen MR) is 111 cm³/mol. The van der Waals surface area contributed by atoms with Gasteiger partial charge in [-0.05, 0) is 55.7 Å². The zero-order valence-corrected chi connectivity index (χ0v) is 17.6. The minimum atomic E-state index is -3.84. The van der Waals surface area contributed by atoms with E-state index >= 15 is 0 Å². The van der Waals surface area contributed by atoms with Gasteiger partial charge in [-0.1, -0.05) is 18.2 Å². The average Bonchev–Trinajstić information content (AvgIpc) is 2.68. The lowest BCUT2D eigenvalue weighted by Gasteiger charge is -2.38. The largest absolute Gasteiger partial charge is 0.491 e. The molecule has 0 spiro atoms. The Morgan fingerprint density at radius 2 is 1.93 bits per heavy atom. The predicted octanol–water partition coefficient (Wildman–Crippen LogP) is 2.58. The Hall–Kier alpha value is -2.58. The summed E-state index contributed by atoms with van der Waals surface area (Å²) in [5, 5.41) is 0. The number of primary amides is 1. The summed E-state index contributed by atoms with van der Waals surface area (Å²) in [7, 11) is -2.25. The number of methoxy groups -OCH3 is 1. The van der Waals surface area contributed by atoms with Crippen molar-refractivity contribution in [3.63, 3.8) is 0 Å². The number of para-hydroxylation sites is 1. The number of hydrogen-bond donors (Lipinski definition) is 1. The number of anilines is 1. The molecule has 2 aromatic carbocycles. The van der Waals surface area contributed by atoms with Crippen molar-refractivity contribution < 1.29 is 22.7 Å². The Bertz CT molecular complexity index is 1010. The van der Waals surface area contributed by atoms with Gasteiger partial charge in [0, 0.05) is 13.2 Å². The molecule has 0 bridgehead atoms. The van der Waals surface area contributed by atoms with Gasteiger partial charge in [-0.15, -0.1) is 0 Å². The number of hydrogen-bond acceptors (Lipinski definition) is 5. The van der Waals surface area contributed by atoms with Gasteiger partial charge in [0.15, 0.2) is 0 Å². The van der Waals surface area contributed by atoms with Crippen LogP contribution in [-0.4, -0.2) is 40.7 Å². The Balaban J connectivity index is 1.99. The van der Waals surface area contributed by atoms with Gasteiger partial charge in [0.05, 0.1) is 23.1 Å². The molecule has 0 saturated heterocycles. The second-order valence-corrected chi connectivity index (χ2v) is 8.98. The minimum Gasteiger partial charge on any atom is -0.491 e. The number of carbonyl (C=O) groups is 1. The van der Waals surface area contributed by atoms with Gasteiger partial charge in [-0.2, -0.15) is 0 Å². The van der Waals surface area contributed by atoms with E-state index in [0.29, 0.717) is 36.6 Å². The van der Waals surface area contributed by atoms with Crippen LogP contribution in [0.2, 0.25) is 0 Å². The maximum atomic E-state index is 13.5. The number of fused-ring (bicyclic) bond motifs is 1. The molecule has 2 N–H and O–H groups in total. The molecule has 0 radical (unpaired) electrons. The zero-order chi connectivity index (χ0) is 21.2. The molecular formula is C21H26N2O5S. The number of carbonyl (C=O) groups excluding carboxylic acids is 1. The Morgan fingerprint density at radius 1 is 1.21 bits per heavy atom. The van der Waals surface area contributed by atoms with E-state index in [1.807, 2.05) is 0 Å².